The van der Waals surface area contributed by atoms with Gasteiger partial charge in [-0.05, 0) is 31.1 Å². The fraction of sp³-hybridized carbons (Fsp3) is 1.00. The molecule has 100 valence electrons. The average molecular weight is 240 g/mol. The summed E-state index contributed by atoms with van der Waals surface area (Å²) in [6.07, 6.45) is 4.17. The van der Waals surface area contributed by atoms with Gasteiger partial charge in [-0.3, -0.25) is 4.90 Å². The topological polar surface area (TPSA) is 24.5 Å². The second-order valence-corrected chi connectivity index (χ2v) is 6.12. The van der Waals surface area contributed by atoms with Crippen molar-refractivity contribution in [2.45, 2.75) is 45.2 Å². The Hall–Kier alpha value is -0.120. The highest BCUT2D eigenvalue weighted by atomic mass is 16.5. The van der Waals surface area contributed by atoms with Gasteiger partial charge >= 0.3 is 0 Å². The maximum atomic E-state index is 5.25. The highest BCUT2D eigenvalue weighted by Gasteiger charge is 2.36. The van der Waals surface area contributed by atoms with Gasteiger partial charge in [0, 0.05) is 38.8 Å². The lowest BCUT2D eigenvalue weighted by Gasteiger charge is -2.41. The van der Waals surface area contributed by atoms with Gasteiger partial charge in [-0.15, -0.1) is 0 Å². The van der Waals surface area contributed by atoms with Crippen molar-refractivity contribution in [1.29, 1.82) is 0 Å². The molecule has 1 heterocycles. The Kier molecular flexibility index (Phi) is 4.83. The fourth-order valence-corrected chi connectivity index (χ4v) is 2.96. The molecule has 2 fully saturated rings. The van der Waals surface area contributed by atoms with E-state index in [1.54, 1.807) is 7.11 Å². The second kappa shape index (κ2) is 6.17. The molecule has 0 radical (unpaired) electrons. The van der Waals surface area contributed by atoms with Crippen molar-refractivity contribution in [2.24, 2.45) is 11.8 Å². The summed E-state index contributed by atoms with van der Waals surface area (Å²) in [5.74, 6) is 1.74. The van der Waals surface area contributed by atoms with Crippen LogP contribution in [0.2, 0.25) is 0 Å². The first-order valence-corrected chi connectivity index (χ1v) is 7.17. The zero-order valence-electron chi connectivity index (χ0n) is 11.6. The minimum atomic E-state index is 0.708. The smallest absolute Gasteiger partial charge is 0.0589 e. The van der Waals surface area contributed by atoms with Crippen LogP contribution in [0, 0.1) is 11.8 Å². The van der Waals surface area contributed by atoms with Gasteiger partial charge in [-0.2, -0.15) is 0 Å². The largest absolute Gasteiger partial charge is 0.383 e. The summed E-state index contributed by atoms with van der Waals surface area (Å²) >= 11 is 0. The third-order valence-corrected chi connectivity index (χ3v) is 4.08. The summed E-state index contributed by atoms with van der Waals surface area (Å²) in [5, 5.41) is 3.76. The molecule has 1 N–H and O–H groups in total. The van der Waals surface area contributed by atoms with E-state index in [0.29, 0.717) is 6.04 Å². The van der Waals surface area contributed by atoms with Crippen molar-refractivity contribution in [3.63, 3.8) is 0 Å². The molecular formula is C14H28N2O. The minimum absolute atomic E-state index is 0.708. The third-order valence-electron chi connectivity index (χ3n) is 4.08. The SMILES string of the molecule is COCCN1CC(C2CC2)NCC1CC(C)C. The molecule has 1 saturated heterocycles. The van der Waals surface area contributed by atoms with E-state index < -0.39 is 0 Å². The van der Waals surface area contributed by atoms with Crippen LogP contribution in [0.15, 0.2) is 0 Å². The molecule has 0 bridgehead atoms. The van der Waals surface area contributed by atoms with E-state index >= 15 is 0 Å². The summed E-state index contributed by atoms with van der Waals surface area (Å²) in [6.45, 7) is 9.00. The Morgan fingerprint density at radius 3 is 2.71 bits per heavy atom. The van der Waals surface area contributed by atoms with Crippen molar-refractivity contribution in [2.75, 3.05) is 33.4 Å². The first-order valence-electron chi connectivity index (χ1n) is 7.17. The zero-order chi connectivity index (χ0) is 12.3. The number of methoxy groups -OCH3 is 1. The van der Waals surface area contributed by atoms with Crippen LogP contribution in [-0.4, -0.2) is 50.3 Å². The zero-order valence-corrected chi connectivity index (χ0v) is 11.6. The molecule has 2 rings (SSSR count). The summed E-state index contributed by atoms with van der Waals surface area (Å²) < 4.78 is 5.25. The number of rotatable bonds is 6. The molecule has 3 nitrogen and oxygen atoms in total. The van der Waals surface area contributed by atoms with Crippen LogP contribution in [0.4, 0.5) is 0 Å². The van der Waals surface area contributed by atoms with E-state index in [4.69, 9.17) is 4.74 Å². The van der Waals surface area contributed by atoms with Crippen molar-refractivity contribution in [3.05, 3.63) is 0 Å². The van der Waals surface area contributed by atoms with Crippen molar-refractivity contribution >= 4 is 0 Å². The lowest BCUT2D eigenvalue weighted by molar-refractivity contribution is 0.0727. The van der Waals surface area contributed by atoms with Crippen LogP contribution in [0.5, 0.6) is 0 Å². The lowest BCUT2D eigenvalue weighted by atomic mass is 9.98. The molecule has 1 aliphatic heterocycles. The molecule has 2 unspecified atom stereocenters. The molecule has 1 saturated carbocycles. The lowest BCUT2D eigenvalue weighted by Crippen LogP contribution is -2.58. The predicted molar refractivity (Wildman–Crippen MR) is 71.2 cm³/mol. The first kappa shape index (κ1) is 13.3. The maximum Gasteiger partial charge on any atom is 0.0589 e. The first-order chi connectivity index (χ1) is 8.20. The summed E-state index contributed by atoms with van der Waals surface area (Å²) in [6, 6.07) is 1.45. The molecule has 0 spiro atoms. The van der Waals surface area contributed by atoms with E-state index in [9.17, 15) is 0 Å². The maximum absolute atomic E-state index is 5.25. The number of nitrogens with one attached hydrogen (secondary N) is 1. The Morgan fingerprint density at radius 1 is 1.35 bits per heavy atom. The summed E-state index contributed by atoms with van der Waals surface area (Å²) in [4.78, 5) is 2.66. The van der Waals surface area contributed by atoms with E-state index in [1.807, 2.05) is 0 Å². The van der Waals surface area contributed by atoms with Crippen LogP contribution >= 0.6 is 0 Å². The van der Waals surface area contributed by atoms with Gasteiger partial charge in [0.15, 0.2) is 0 Å². The predicted octanol–water partition coefficient (Wildman–Crippen LogP) is 1.73. The molecule has 3 heteroatoms. The number of hydrogen-bond donors (Lipinski definition) is 1. The molecule has 0 aromatic rings. The highest BCUT2D eigenvalue weighted by Crippen LogP contribution is 2.34. The fourth-order valence-electron chi connectivity index (χ4n) is 2.96. The minimum Gasteiger partial charge on any atom is -0.383 e. The van der Waals surface area contributed by atoms with Crippen LogP contribution in [0.3, 0.4) is 0 Å². The van der Waals surface area contributed by atoms with Gasteiger partial charge in [-0.1, -0.05) is 13.8 Å². The van der Waals surface area contributed by atoms with E-state index in [0.717, 1.165) is 31.0 Å². The van der Waals surface area contributed by atoms with Crippen LogP contribution in [0.25, 0.3) is 0 Å². The monoisotopic (exact) mass is 240 g/mol. The standard InChI is InChI=1S/C14H28N2O/c1-11(2)8-13-9-15-14(12-4-5-12)10-16(13)6-7-17-3/h11-15H,4-10H2,1-3H3. The number of hydrogen-bond acceptors (Lipinski definition) is 3. The van der Waals surface area contributed by atoms with Crippen LogP contribution < -0.4 is 5.32 Å². The van der Waals surface area contributed by atoms with Crippen molar-refractivity contribution < 1.29 is 4.74 Å². The van der Waals surface area contributed by atoms with Gasteiger partial charge in [0.25, 0.3) is 0 Å². The Labute approximate surface area is 106 Å². The Balaban J connectivity index is 1.86. The van der Waals surface area contributed by atoms with Crippen LogP contribution in [-0.2, 0) is 4.74 Å². The number of nitrogens with zero attached hydrogens (tertiary/aromatic N) is 1. The van der Waals surface area contributed by atoms with Crippen molar-refractivity contribution in [3.8, 4) is 0 Å². The molecule has 17 heavy (non-hydrogen) atoms. The van der Waals surface area contributed by atoms with Gasteiger partial charge < -0.3 is 10.1 Å². The molecule has 2 aliphatic rings. The third kappa shape index (κ3) is 3.94. The Bertz CT molecular complexity index is 228. The molecule has 2 atom stereocenters. The molecule has 1 aliphatic carbocycles. The van der Waals surface area contributed by atoms with Gasteiger partial charge in [0.2, 0.25) is 0 Å². The van der Waals surface area contributed by atoms with Crippen molar-refractivity contribution in [1.82, 2.24) is 10.2 Å². The van der Waals surface area contributed by atoms with Gasteiger partial charge in [0.1, 0.15) is 0 Å². The van der Waals surface area contributed by atoms with Crippen LogP contribution in [0.1, 0.15) is 33.1 Å². The second-order valence-electron chi connectivity index (χ2n) is 6.12. The highest BCUT2D eigenvalue weighted by molar-refractivity contribution is 4.94. The quantitative estimate of drug-likeness (QED) is 0.765. The normalized spacial score (nSPS) is 31.1. The van der Waals surface area contributed by atoms with Gasteiger partial charge in [0.05, 0.1) is 6.61 Å². The van der Waals surface area contributed by atoms with Gasteiger partial charge in [-0.25, -0.2) is 0 Å². The van der Waals surface area contributed by atoms with E-state index in [1.165, 1.54) is 32.4 Å². The molecule has 0 aromatic carbocycles. The molecular weight excluding hydrogens is 212 g/mol. The summed E-state index contributed by atoms with van der Waals surface area (Å²) in [5.41, 5.74) is 0. The van der Waals surface area contributed by atoms with E-state index in [2.05, 4.69) is 24.1 Å². The summed E-state index contributed by atoms with van der Waals surface area (Å²) in [7, 11) is 1.80. The number of ether oxygens (including phenoxy) is 1. The molecule has 0 aromatic heterocycles. The van der Waals surface area contributed by atoms with E-state index in [-0.39, 0.29) is 0 Å². The number of piperazine rings is 1. The average Bonchev–Trinajstić information content (AvgIpc) is 3.11. The molecule has 0 amide bonds. The Morgan fingerprint density at radius 2 is 2.12 bits per heavy atom.